The van der Waals surface area contributed by atoms with E-state index in [1.807, 2.05) is 31.2 Å². The number of imide groups is 1. The van der Waals surface area contributed by atoms with Crippen molar-refractivity contribution in [3.63, 3.8) is 0 Å². The molecule has 31 heavy (non-hydrogen) atoms. The van der Waals surface area contributed by atoms with Gasteiger partial charge in [-0.25, -0.2) is 13.7 Å². The summed E-state index contributed by atoms with van der Waals surface area (Å²) in [6.45, 7) is 1.91. The van der Waals surface area contributed by atoms with Crippen LogP contribution in [-0.4, -0.2) is 39.0 Å². The zero-order valence-electron chi connectivity index (χ0n) is 16.1. The van der Waals surface area contributed by atoms with Crippen LogP contribution in [0.5, 0.6) is 0 Å². The highest BCUT2D eigenvalue weighted by Gasteiger charge is 2.55. The van der Waals surface area contributed by atoms with E-state index in [2.05, 4.69) is 20.5 Å². The van der Waals surface area contributed by atoms with Gasteiger partial charge in [0.2, 0.25) is 11.7 Å². The summed E-state index contributed by atoms with van der Waals surface area (Å²) >= 11 is 0. The van der Waals surface area contributed by atoms with E-state index in [1.165, 1.54) is 5.01 Å². The highest BCUT2D eigenvalue weighted by molar-refractivity contribution is 6.25. The van der Waals surface area contributed by atoms with Crippen molar-refractivity contribution >= 4 is 17.5 Å². The zero-order chi connectivity index (χ0) is 21.7. The Hall–Kier alpha value is -4.02. The summed E-state index contributed by atoms with van der Waals surface area (Å²) in [5, 5.41) is 13.0. The number of nitrogens with zero attached hydrogens (tertiary/aromatic N) is 6. The largest absolute Gasteiger partial charge is 0.337 e. The molecule has 0 bridgehead atoms. The molecule has 0 aliphatic carbocycles. The van der Waals surface area contributed by atoms with E-state index in [0.29, 0.717) is 5.82 Å². The summed E-state index contributed by atoms with van der Waals surface area (Å²) in [5.74, 6) is -3.00. The number of aromatic nitrogens is 2. The van der Waals surface area contributed by atoms with Crippen LogP contribution < -0.4 is 4.90 Å². The maximum atomic E-state index is 13.6. The molecule has 0 radical (unpaired) electrons. The number of hydrogen-bond acceptors (Lipinski definition) is 8. The van der Waals surface area contributed by atoms with Gasteiger partial charge in [0.1, 0.15) is 6.54 Å². The van der Waals surface area contributed by atoms with E-state index in [0.717, 1.165) is 34.2 Å². The molecule has 1 saturated heterocycles. The Labute approximate surface area is 173 Å². The average molecular weight is 424 g/mol. The Kier molecular flexibility index (Phi) is 4.31. The van der Waals surface area contributed by atoms with Crippen LogP contribution in [0.1, 0.15) is 11.5 Å². The van der Waals surface area contributed by atoms with Crippen LogP contribution >= 0.6 is 0 Å². The molecule has 3 aromatic rings. The van der Waals surface area contributed by atoms with Crippen LogP contribution in [0.15, 0.2) is 57.3 Å². The highest BCUT2D eigenvalue weighted by atomic mass is 19.2. The number of carbonyl (C=O) groups is 2. The Balaban J connectivity index is 1.36. The minimum Gasteiger partial charge on any atom is -0.337 e. The van der Waals surface area contributed by atoms with E-state index in [9.17, 15) is 18.4 Å². The normalized spacial score (nSPS) is 20.1. The number of fused-ring (bicyclic) bond motifs is 1. The molecule has 156 valence electrons. The Morgan fingerprint density at radius 1 is 1.03 bits per heavy atom. The molecule has 0 spiro atoms. The van der Waals surface area contributed by atoms with Crippen LogP contribution in [0.3, 0.4) is 0 Å². The second-order valence-electron chi connectivity index (χ2n) is 7.18. The molecule has 0 N–H and O–H groups in total. The fraction of sp³-hybridized carbons (Fsp3) is 0.200. The van der Waals surface area contributed by atoms with Crippen molar-refractivity contribution in [2.24, 2.45) is 10.3 Å². The van der Waals surface area contributed by atoms with E-state index >= 15 is 0 Å². The molecule has 3 heterocycles. The van der Waals surface area contributed by atoms with Crippen molar-refractivity contribution in [3.05, 3.63) is 65.6 Å². The number of benzene rings is 2. The van der Waals surface area contributed by atoms with Crippen LogP contribution in [0.4, 0.5) is 14.5 Å². The predicted octanol–water partition coefficient (Wildman–Crippen LogP) is 2.82. The van der Waals surface area contributed by atoms with Crippen molar-refractivity contribution < 1.29 is 22.9 Å². The van der Waals surface area contributed by atoms with Crippen molar-refractivity contribution in [1.82, 2.24) is 15.1 Å². The number of hydrogen-bond donors (Lipinski definition) is 0. The molecule has 11 heteroatoms. The van der Waals surface area contributed by atoms with Crippen molar-refractivity contribution in [3.8, 4) is 11.4 Å². The van der Waals surface area contributed by atoms with E-state index in [4.69, 9.17) is 4.52 Å². The van der Waals surface area contributed by atoms with Gasteiger partial charge >= 0.3 is 0 Å². The van der Waals surface area contributed by atoms with E-state index in [-0.39, 0.29) is 18.1 Å². The first-order valence-electron chi connectivity index (χ1n) is 9.32. The van der Waals surface area contributed by atoms with Crippen molar-refractivity contribution in [2.45, 2.75) is 25.6 Å². The number of amides is 2. The first-order chi connectivity index (χ1) is 14.9. The minimum atomic E-state index is -1.16. The lowest BCUT2D eigenvalue weighted by atomic mass is 10.1. The number of anilines is 1. The first-order valence-corrected chi connectivity index (χ1v) is 9.32. The van der Waals surface area contributed by atoms with Crippen molar-refractivity contribution in [2.75, 3.05) is 4.90 Å². The number of aryl methyl sites for hydroxylation is 1. The molecular formula is C20H14F2N6O3. The lowest BCUT2D eigenvalue weighted by Crippen LogP contribution is -2.39. The zero-order valence-corrected chi connectivity index (χ0v) is 16.1. The van der Waals surface area contributed by atoms with E-state index < -0.39 is 35.5 Å². The van der Waals surface area contributed by atoms with Crippen LogP contribution in [0.2, 0.25) is 0 Å². The number of carbonyl (C=O) groups excluding carboxylic acids is 2. The van der Waals surface area contributed by atoms with E-state index in [1.54, 1.807) is 0 Å². The first kappa shape index (κ1) is 19.0. The summed E-state index contributed by atoms with van der Waals surface area (Å²) in [5.41, 5.74) is 1.78. The Morgan fingerprint density at radius 3 is 2.55 bits per heavy atom. The molecule has 9 nitrogen and oxygen atoms in total. The second kappa shape index (κ2) is 7.04. The quantitative estimate of drug-likeness (QED) is 0.597. The summed E-state index contributed by atoms with van der Waals surface area (Å²) < 4.78 is 32.1. The average Bonchev–Trinajstić information content (AvgIpc) is 3.44. The summed E-state index contributed by atoms with van der Waals surface area (Å²) in [6.07, 6.45) is 0. The molecular weight excluding hydrogens is 410 g/mol. The fourth-order valence-corrected chi connectivity index (χ4v) is 3.51. The van der Waals surface area contributed by atoms with Gasteiger partial charge in [-0.2, -0.15) is 10.1 Å². The smallest absolute Gasteiger partial charge is 0.263 e. The predicted molar refractivity (Wildman–Crippen MR) is 101 cm³/mol. The SMILES string of the molecule is Cc1ccc(-c2noc(CN3N=N[C@H]4C(=O)N(c5ccc(F)c(F)c5)C(=O)[C@H]43)n2)cc1. The van der Waals surface area contributed by atoms with Crippen LogP contribution in [0, 0.1) is 18.6 Å². The third-order valence-electron chi connectivity index (χ3n) is 5.09. The van der Waals surface area contributed by atoms with Gasteiger partial charge in [-0.05, 0) is 19.1 Å². The molecule has 2 aromatic carbocycles. The molecule has 1 aromatic heterocycles. The molecule has 2 aliphatic heterocycles. The molecule has 0 saturated carbocycles. The molecule has 5 rings (SSSR count). The lowest BCUT2D eigenvalue weighted by Gasteiger charge is -2.19. The van der Waals surface area contributed by atoms with Gasteiger partial charge in [-0.1, -0.05) is 40.2 Å². The van der Waals surface area contributed by atoms with Gasteiger partial charge in [-0.15, -0.1) is 0 Å². The molecule has 0 unspecified atom stereocenters. The Morgan fingerprint density at radius 2 is 1.81 bits per heavy atom. The van der Waals surface area contributed by atoms with Crippen LogP contribution in [-0.2, 0) is 16.1 Å². The van der Waals surface area contributed by atoms with Gasteiger partial charge < -0.3 is 4.52 Å². The number of rotatable bonds is 4. The second-order valence-corrected chi connectivity index (χ2v) is 7.18. The van der Waals surface area contributed by atoms with Gasteiger partial charge in [0, 0.05) is 11.6 Å². The maximum Gasteiger partial charge on any atom is 0.263 e. The van der Waals surface area contributed by atoms with Gasteiger partial charge in [0.05, 0.1) is 5.69 Å². The summed E-state index contributed by atoms with van der Waals surface area (Å²) in [7, 11) is 0. The molecule has 2 amide bonds. The third kappa shape index (κ3) is 3.14. The minimum absolute atomic E-state index is 0.0475. The Bertz CT molecular complexity index is 1230. The number of halogens is 2. The fourth-order valence-electron chi connectivity index (χ4n) is 3.51. The van der Waals surface area contributed by atoms with Gasteiger partial charge in [0.25, 0.3) is 11.8 Å². The van der Waals surface area contributed by atoms with Crippen LogP contribution in [0.25, 0.3) is 11.4 Å². The van der Waals surface area contributed by atoms with Crippen molar-refractivity contribution in [1.29, 1.82) is 0 Å². The maximum absolute atomic E-state index is 13.6. The highest BCUT2D eigenvalue weighted by Crippen LogP contribution is 2.33. The lowest BCUT2D eigenvalue weighted by molar-refractivity contribution is -0.123. The topological polar surface area (TPSA) is 104 Å². The molecule has 2 aliphatic rings. The standard InChI is InChI=1S/C20H14F2N6O3/c1-10-2-4-11(5-3-10)18-23-15(31-25-18)9-27-17-16(24-26-27)19(29)28(20(17)30)12-6-7-13(21)14(22)8-12/h2-8,16-17H,9H2,1H3/t16-,17+/m1/s1. The third-order valence-corrected chi connectivity index (χ3v) is 5.09. The monoisotopic (exact) mass is 424 g/mol. The van der Waals surface area contributed by atoms with Gasteiger partial charge in [-0.3, -0.25) is 14.6 Å². The summed E-state index contributed by atoms with van der Waals surface area (Å²) in [6, 6.07) is 8.23. The molecule has 2 atom stereocenters. The summed E-state index contributed by atoms with van der Waals surface area (Å²) in [4.78, 5) is 30.7. The molecule has 1 fully saturated rings. The van der Waals surface area contributed by atoms with Gasteiger partial charge in [0.15, 0.2) is 23.7 Å².